The average molecular weight is 354 g/mol. The average Bonchev–Trinajstić information content (AvgIpc) is 3.09. The molecule has 0 saturated carbocycles. The number of hydrogen-bond acceptors (Lipinski definition) is 4. The Labute approximate surface area is 140 Å². The van der Waals surface area contributed by atoms with Crippen molar-refractivity contribution < 1.29 is 13.2 Å². The van der Waals surface area contributed by atoms with Crippen molar-refractivity contribution in [2.75, 3.05) is 39.3 Å². The van der Waals surface area contributed by atoms with Crippen molar-refractivity contribution in [3.8, 4) is 0 Å². The van der Waals surface area contributed by atoms with Gasteiger partial charge in [-0.05, 0) is 6.42 Å². The van der Waals surface area contributed by atoms with Crippen molar-refractivity contribution in [1.82, 2.24) is 24.7 Å². The molecule has 1 unspecified atom stereocenters. The third kappa shape index (κ3) is 5.07. The van der Waals surface area contributed by atoms with Crippen molar-refractivity contribution in [3.05, 3.63) is 18.2 Å². The number of piperazine rings is 1. The maximum atomic E-state index is 12.5. The number of nitrogens with zero attached hydrogens (tertiary/aromatic N) is 4. The molecule has 2 fully saturated rings. The van der Waals surface area contributed by atoms with E-state index in [0.717, 1.165) is 45.7 Å². The van der Waals surface area contributed by atoms with E-state index < -0.39 is 12.7 Å². The first-order valence-corrected chi connectivity index (χ1v) is 7.75. The van der Waals surface area contributed by atoms with Crippen LogP contribution in [0.3, 0.4) is 0 Å². The molecule has 9 heteroatoms. The van der Waals surface area contributed by atoms with E-state index >= 15 is 0 Å². The van der Waals surface area contributed by atoms with E-state index in [1.165, 1.54) is 17.0 Å². The van der Waals surface area contributed by atoms with Crippen LogP contribution in [0, 0.1) is 0 Å². The monoisotopic (exact) mass is 353 g/mol. The highest BCUT2D eigenvalue weighted by molar-refractivity contribution is 5.85. The molecule has 0 radical (unpaired) electrons. The Morgan fingerprint density at radius 1 is 1.22 bits per heavy atom. The number of alkyl halides is 3. The molecule has 1 aromatic heterocycles. The topological polar surface area (TPSA) is 36.3 Å². The molecule has 3 heterocycles. The summed E-state index contributed by atoms with van der Waals surface area (Å²) in [6.45, 7) is 5.52. The van der Waals surface area contributed by atoms with Crippen LogP contribution in [0.15, 0.2) is 12.4 Å². The fourth-order valence-electron chi connectivity index (χ4n) is 3.33. The number of hydrogen-bond donors (Lipinski definition) is 1. The van der Waals surface area contributed by atoms with Gasteiger partial charge in [0.15, 0.2) is 0 Å². The Morgan fingerprint density at radius 3 is 2.65 bits per heavy atom. The maximum absolute atomic E-state index is 12.5. The van der Waals surface area contributed by atoms with Gasteiger partial charge in [0, 0.05) is 57.7 Å². The van der Waals surface area contributed by atoms with Crippen molar-refractivity contribution >= 4 is 12.4 Å². The van der Waals surface area contributed by atoms with Crippen LogP contribution in [-0.4, -0.2) is 70.8 Å². The van der Waals surface area contributed by atoms with Crippen LogP contribution >= 0.6 is 12.4 Å². The molecule has 0 aromatic carbocycles. The highest BCUT2D eigenvalue weighted by atomic mass is 35.5. The number of rotatable bonds is 4. The van der Waals surface area contributed by atoms with Crippen LogP contribution in [0.5, 0.6) is 0 Å². The van der Waals surface area contributed by atoms with Crippen LogP contribution in [-0.2, 0) is 13.1 Å². The lowest BCUT2D eigenvalue weighted by Gasteiger charge is -2.32. The van der Waals surface area contributed by atoms with Gasteiger partial charge >= 0.3 is 6.18 Å². The molecule has 2 aliphatic heterocycles. The lowest BCUT2D eigenvalue weighted by Crippen LogP contribution is -2.49. The summed E-state index contributed by atoms with van der Waals surface area (Å²) in [5.41, 5.74) is 0. The molecular formula is C14H23ClF3N5. The number of imidazole rings is 1. The van der Waals surface area contributed by atoms with Crippen molar-refractivity contribution in [1.29, 1.82) is 0 Å². The molecule has 3 rings (SSSR count). The molecule has 2 aliphatic rings. The minimum absolute atomic E-state index is 0. The first-order valence-electron chi connectivity index (χ1n) is 7.75. The third-order valence-corrected chi connectivity index (χ3v) is 4.43. The summed E-state index contributed by atoms with van der Waals surface area (Å²) in [6, 6.07) is 0.521. The zero-order valence-corrected chi connectivity index (χ0v) is 13.7. The van der Waals surface area contributed by atoms with Crippen molar-refractivity contribution in [3.63, 3.8) is 0 Å². The fourth-order valence-corrected chi connectivity index (χ4v) is 3.33. The lowest BCUT2D eigenvalue weighted by molar-refractivity contribution is -0.141. The molecule has 132 valence electrons. The highest BCUT2D eigenvalue weighted by Crippen LogP contribution is 2.21. The predicted molar refractivity (Wildman–Crippen MR) is 83.7 cm³/mol. The van der Waals surface area contributed by atoms with Gasteiger partial charge in [-0.15, -0.1) is 12.4 Å². The molecule has 0 aliphatic carbocycles. The standard InChI is InChI=1S/C14H22F3N5.ClH/c15-14(16,17)11-22-8-4-19-13(22)10-20-5-1-12(9-20)21-6-2-18-3-7-21;/h4,8,12,18H,1-3,5-7,9-11H2;1H. The van der Waals surface area contributed by atoms with Crippen LogP contribution in [0.2, 0.25) is 0 Å². The first-order chi connectivity index (χ1) is 10.5. The minimum atomic E-state index is -4.20. The second-order valence-electron chi connectivity index (χ2n) is 6.05. The molecule has 0 spiro atoms. The Morgan fingerprint density at radius 2 is 1.96 bits per heavy atom. The zero-order chi connectivity index (χ0) is 15.6. The van der Waals surface area contributed by atoms with E-state index in [2.05, 4.69) is 20.1 Å². The molecule has 1 aromatic rings. The normalized spacial score (nSPS) is 23.9. The van der Waals surface area contributed by atoms with Crippen LogP contribution < -0.4 is 5.32 Å². The largest absolute Gasteiger partial charge is 0.406 e. The molecule has 5 nitrogen and oxygen atoms in total. The molecule has 0 bridgehead atoms. The maximum Gasteiger partial charge on any atom is 0.406 e. The summed E-state index contributed by atoms with van der Waals surface area (Å²) in [7, 11) is 0. The van der Waals surface area contributed by atoms with Gasteiger partial charge in [-0.2, -0.15) is 13.2 Å². The van der Waals surface area contributed by atoms with Crippen molar-refractivity contribution in [2.24, 2.45) is 0 Å². The van der Waals surface area contributed by atoms with Gasteiger partial charge in [0.1, 0.15) is 12.4 Å². The van der Waals surface area contributed by atoms with Gasteiger partial charge < -0.3 is 9.88 Å². The van der Waals surface area contributed by atoms with Gasteiger partial charge in [0.25, 0.3) is 0 Å². The van der Waals surface area contributed by atoms with Gasteiger partial charge in [-0.1, -0.05) is 0 Å². The van der Waals surface area contributed by atoms with Gasteiger partial charge in [0.2, 0.25) is 0 Å². The molecule has 23 heavy (non-hydrogen) atoms. The third-order valence-electron chi connectivity index (χ3n) is 4.43. The van der Waals surface area contributed by atoms with Crippen LogP contribution in [0.4, 0.5) is 13.2 Å². The predicted octanol–water partition coefficient (Wildman–Crippen LogP) is 1.35. The second-order valence-corrected chi connectivity index (χ2v) is 6.05. The van der Waals surface area contributed by atoms with E-state index in [4.69, 9.17) is 0 Å². The Balaban J connectivity index is 0.00000192. The highest BCUT2D eigenvalue weighted by Gasteiger charge is 2.31. The number of aromatic nitrogens is 2. The quantitative estimate of drug-likeness (QED) is 0.886. The fraction of sp³-hybridized carbons (Fsp3) is 0.786. The summed E-state index contributed by atoms with van der Waals surface area (Å²) in [5.74, 6) is 0.498. The Bertz CT molecular complexity index is 487. The molecule has 0 amide bonds. The summed E-state index contributed by atoms with van der Waals surface area (Å²) in [5, 5.41) is 3.34. The second kappa shape index (κ2) is 7.83. The summed E-state index contributed by atoms with van der Waals surface area (Å²) in [4.78, 5) is 8.79. The van der Waals surface area contributed by atoms with E-state index in [9.17, 15) is 13.2 Å². The number of nitrogens with one attached hydrogen (secondary N) is 1. The van der Waals surface area contributed by atoms with E-state index in [-0.39, 0.29) is 12.4 Å². The summed E-state index contributed by atoms with van der Waals surface area (Å²) in [6.07, 6.45) is -0.263. The van der Waals surface area contributed by atoms with Crippen LogP contribution in [0.25, 0.3) is 0 Å². The SMILES string of the molecule is Cl.FC(F)(F)Cn1ccnc1CN1CCC(N2CCNCC2)C1. The van der Waals surface area contributed by atoms with E-state index in [1.54, 1.807) is 0 Å². The molecule has 2 saturated heterocycles. The zero-order valence-electron chi connectivity index (χ0n) is 12.9. The molecule has 1 atom stereocenters. The lowest BCUT2D eigenvalue weighted by atomic mass is 10.2. The van der Waals surface area contributed by atoms with Crippen LogP contribution in [0.1, 0.15) is 12.2 Å². The number of halogens is 4. The minimum Gasteiger partial charge on any atom is -0.325 e. The van der Waals surface area contributed by atoms with E-state index in [0.29, 0.717) is 18.4 Å². The van der Waals surface area contributed by atoms with Gasteiger partial charge in [-0.25, -0.2) is 4.98 Å². The molecular weight excluding hydrogens is 331 g/mol. The smallest absolute Gasteiger partial charge is 0.325 e. The van der Waals surface area contributed by atoms with Crippen molar-refractivity contribution in [2.45, 2.75) is 31.7 Å². The first kappa shape index (κ1) is 18.5. The van der Waals surface area contributed by atoms with E-state index in [1.807, 2.05) is 0 Å². The van der Waals surface area contributed by atoms with Gasteiger partial charge in [-0.3, -0.25) is 9.80 Å². The summed E-state index contributed by atoms with van der Waals surface area (Å²) < 4.78 is 38.8. The van der Waals surface area contributed by atoms with Gasteiger partial charge in [0.05, 0.1) is 6.54 Å². The number of likely N-dealkylation sites (tertiary alicyclic amines) is 1. The molecule has 1 N–H and O–H groups in total. The summed E-state index contributed by atoms with van der Waals surface area (Å²) >= 11 is 0. The Hall–Kier alpha value is -0.830. The Kier molecular flexibility index (Phi) is 6.30.